The van der Waals surface area contributed by atoms with Crippen molar-refractivity contribution in [1.29, 1.82) is 0 Å². The number of hydrogen-bond donors (Lipinski definition) is 2. The van der Waals surface area contributed by atoms with Gasteiger partial charge in [-0.3, -0.25) is 4.79 Å². The van der Waals surface area contributed by atoms with E-state index >= 15 is 0 Å². The van der Waals surface area contributed by atoms with Crippen LogP contribution < -0.4 is 10.6 Å². The van der Waals surface area contributed by atoms with Gasteiger partial charge in [-0.05, 0) is 24.7 Å². The minimum atomic E-state index is 0.0588. The van der Waals surface area contributed by atoms with Crippen LogP contribution in [-0.4, -0.2) is 38.3 Å². The third-order valence-electron chi connectivity index (χ3n) is 4.34. The minimum absolute atomic E-state index is 0.0588. The summed E-state index contributed by atoms with van der Waals surface area (Å²) in [7, 11) is 0. The Balaban J connectivity index is 1.55. The van der Waals surface area contributed by atoms with Crippen LogP contribution in [0.15, 0.2) is 0 Å². The van der Waals surface area contributed by atoms with E-state index in [0.717, 1.165) is 44.5 Å². The van der Waals surface area contributed by atoms with Gasteiger partial charge in [0.05, 0.1) is 19.1 Å². The van der Waals surface area contributed by atoms with Crippen LogP contribution in [0.3, 0.4) is 0 Å². The van der Waals surface area contributed by atoms with Gasteiger partial charge in [0.15, 0.2) is 0 Å². The Bertz CT molecular complexity index is 277. The highest BCUT2D eigenvalue weighted by Gasteiger charge is 2.20. The van der Waals surface area contributed by atoms with Gasteiger partial charge in [-0.15, -0.1) is 0 Å². The highest BCUT2D eigenvalue weighted by Crippen LogP contribution is 2.30. The molecule has 0 aromatic heterocycles. The minimum Gasteiger partial charge on any atom is -0.375 e. The van der Waals surface area contributed by atoms with Crippen LogP contribution in [0.25, 0.3) is 0 Å². The number of nitrogens with one attached hydrogen (secondary N) is 2. The molecule has 1 amide bonds. The molecule has 19 heavy (non-hydrogen) atoms. The van der Waals surface area contributed by atoms with Gasteiger partial charge in [-0.25, -0.2) is 0 Å². The molecular formula is C15H28N2O2. The van der Waals surface area contributed by atoms with Crippen LogP contribution in [0.4, 0.5) is 0 Å². The lowest BCUT2D eigenvalue weighted by molar-refractivity contribution is -0.124. The first kappa shape index (κ1) is 14.8. The summed E-state index contributed by atoms with van der Waals surface area (Å²) in [5, 5.41) is 6.29. The Morgan fingerprint density at radius 1 is 1.42 bits per heavy atom. The van der Waals surface area contributed by atoms with Crippen LogP contribution in [0.2, 0.25) is 0 Å². The van der Waals surface area contributed by atoms with Crippen molar-refractivity contribution in [3.05, 3.63) is 0 Å². The first-order valence-corrected chi connectivity index (χ1v) is 7.83. The van der Waals surface area contributed by atoms with Crippen LogP contribution in [0, 0.1) is 11.8 Å². The molecule has 110 valence electrons. The summed E-state index contributed by atoms with van der Waals surface area (Å²) in [5.74, 6) is 1.82. The number of carbonyl (C=O) groups is 1. The molecule has 0 aromatic carbocycles. The molecule has 0 aromatic rings. The number of amides is 1. The van der Waals surface area contributed by atoms with Crippen molar-refractivity contribution in [2.45, 2.75) is 51.6 Å². The maximum atomic E-state index is 11.8. The van der Waals surface area contributed by atoms with E-state index in [4.69, 9.17) is 4.74 Å². The molecule has 2 rings (SSSR count). The first-order chi connectivity index (χ1) is 9.24. The molecule has 2 aliphatic rings. The Kier molecular flexibility index (Phi) is 6.11. The normalized spacial score (nSPS) is 31.9. The molecule has 0 bridgehead atoms. The summed E-state index contributed by atoms with van der Waals surface area (Å²) >= 11 is 0. The number of morpholine rings is 1. The fourth-order valence-electron chi connectivity index (χ4n) is 3.27. The number of rotatable bonds is 5. The Labute approximate surface area is 116 Å². The van der Waals surface area contributed by atoms with Crippen molar-refractivity contribution < 1.29 is 9.53 Å². The first-order valence-electron chi connectivity index (χ1n) is 7.83. The average molecular weight is 268 g/mol. The SMILES string of the molecule is CC1CCCC(CCNC(=O)CC2CNCCO2)C1. The zero-order valence-corrected chi connectivity index (χ0v) is 12.1. The lowest BCUT2D eigenvalue weighted by Gasteiger charge is -2.27. The molecule has 4 nitrogen and oxygen atoms in total. The van der Waals surface area contributed by atoms with Crippen molar-refractivity contribution in [2.75, 3.05) is 26.2 Å². The number of carbonyl (C=O) groups excluding carboxylic acids is 1. The number of hydrogen-bond acceptors (Lipinski definition) is 3. The zero-order valence-electron chi connectivity index (χ0n) is 12.1. The van der Waals surface area contributed by atoms with E-state index in [9.17, 15) is 4.79 Å². The maximum absolute atomic E-state index is 11.8. The molecule has 0 radical (unpaired) electrons. The highest BCUT2D eigenvalue weighted by atomic mass is 16.5. The van der Waals surface area contributed by atoms with Crippen LogP contribution in [0.1, 0.15) is 45.4 Å². The molecular weight excluding hydrogens is 240 g/mol. The smallest absolute Gasteiger partial charge is 0.222 e. The summed E-state index contributed by atoms with van der Waals surface area (Å²) < 4.78 is 5.54. The van der Waals surface area contributed by atoms with Gasteiger partial charge in [0.2, 0.25) is 5.91 Å². The van der Waals surface area contributed by atoms with Crippen molar-refractivity contribution in [2.24, 2.45) is 11.8 Å². The van der Waals surface area contributed by atoms with E-state index in [1.54, 1.807) is 0 Å². The third-order valence-corrected chi connectivity index (χ3v) is 4.34. The maximum Gasteiger partial charge on any atom is 0.222 e. The van der Waals surface area contributed by atoms with Crippen LogP contribution in [0.5, 0.6) is 0 Å². The monoisotopic (exact) mass is 268 g/mol. The molecule has 1 saturated heterocycles. The molecule has 1 aliphatic carbocycles. The Morgan fingerprint density at radius 2 is 2.32 bits per heavy atom. The molecule has 3 unspecified atom stereocenters. The molecule has 2 fully saturated rings. The molecule has 1 aliphatic heterocycles. The van der Waals surface area contributed by atoms with Crippen molar-refractivity contribution in [1.82, 2.24) is 10.6 Å². The molecule has 1 heterocycles. The van der Waals surface area contributed by atoms with Crippen molar-refractivity contribution >= 4 is 5.91 Å². The Morgan fingerprint density at radius 3 is 3.05 bits per heavy atom. The van der Waals surface area contributed by atoms with Gasteiger partial charge < -0.3 is 15.4 Å². The molecule has 4 heteroatoms. The van der Waals surface area contributed by atoms with Crippen LogP contribution in [-0.2, 0) is 9.53 Å². The van der Waals surface area contributed by atoms with Gasteiger partial charge in [-0.1, -0.05) is 26.2 Å². The van der Waals surface area contributed by atoms with Gasteiger partial charge in [0.1, 0.15) is 0 Å². The molecule has 0 spiro atoms. The van der Waals surface area contributed by atoms with Gasteiger partial charge in [-0.2, -0.15) is 0 Å². The topological polar surface area (TPSA) is 50.4 Å². The predicted octanol–water partition coefficient (Wildman–Crippen LogP) is 1.70. The summed E-state index contributed by atoms with van der Waals surface area (Å²) in [4.78, 5) is 11.8. The molecule has 3 atom stereocenters. The standard InChI is InChI=1S/C15H28N2O2/c1-12-3-2-4-13(9-12)5-6-17-15(18)10-14-11-16-7-8-19-14/h12-14,16H,2-11H2,1H3,(H,17,18). The number of ether oxygens (including phenoxy) is 1. The van der Waals surface area contributed by atoms with Gasteiger partial charge >= 0.3 is 0 Å². The quantitative estimate of drug-likeness (QED) is 0.798. The van der Waals surface area contributed by atoms with E-state index < -0.39 is 0 Å². The van der Waals surface area contributed by atoms with Crippen molar-refractivity contribution in [3.8, 4) is 0 Å². The van der Waals surface area contributed by atoms with Gasteiger partial charge in [0, 0.05) is 19.6 Å². The van der Waals surface area contributed by atoms with Gasteiger partial charge in [0.25, 0.3) is 0 Å². The molecule has 1 saturated carbocycles. The van der Waals surface area contributed by atoms with E-state index in [1.165, 1.54) is 25.7 Å². The zero-order chi connectivity index (χ0) is 13.5. The molecule has 2 N–H and O–H groups in total. The lowest BCUT2D eigenvalue weighted by atomic mass is 9.81. The Hall–Kier alpha value is -0.610. The lowest BCUT2D eigenvalue weighted by Crippen LogP contribution is -2.41. The fraction of sp³-hybridized carbons (Fsp3) is 0.933. The van der Waals surface area contributed by atoms with E-state index in [1.807, 2.05) is 0 Å². The second-order valence-corrected chi connectivity index (χ2v) is 6.18. The van der Waals surface area contributed by atoms with Crippen LogP contribution >= 0.6 is 0 Å². The second-order valence-electron chi connectivity index (χ2n) is 6.18. The third kappa shape index (κ3) is 5.49. The second kappa shape index (κ2) is 7.85. The van der Waals surface area contributed by atoms with E-state index in [0.29, 0.717) is 6.42 Å². The summed E-state index contributed by atoms with van der Waals surface area (Å²) in [6, 6.07) is 0. The largest absolute Gasteiger partial charge is 0.375 e. The fourth-order valence-corrected chi connectivity index (χ4v) is 3.27. The van der Waals surface area contributed by atoms with Crippen molar-refractivity contribution in [3.63, 3.8) is 0 Å². The predicted molar refractivity (Wildman–Crippen MR) is 76.0 cm³/mol. The summed E-state index contributed by atoms with van der Waals surface area (Å²) in [6.45, 7) is 5.60. The summed E-state index contributed by atoms with van der Waals surface area (Å²) in [6.07, 6.45) is 7.12. The van der Waals surface area contributed by atoms with E-state index in [-0.39, 0.29) is 12.0 Å². The average Bonchev–Trinajstić information content (AvgIpc) is 2.40. The highest BCUT2D eigenvalue weighted by molar-refractivity contribution is 5.76. The summed E-state index contributed by atoms with van der Waals surface area (Å²) in [5.41, 5.74) is 0. The van der Waals surface area contributed by atoms with E-state index in [2.05, 4.69) is 17.6 Å².